The van der Waals surface area contributed by atoms with Crippen LogP contribution < -0.4 is 10.8 Å². The van der Waals surface area contributed by atoms with Gasteiger partial charge in [-0.2, -0.15) is 0 Å². The van der Waals surface area contributed by atoms with E-state index < -0.39 is 6.09 Å². The van der Waals surface area contributed by atoms with Gasteiger partial charge in [-0.15, -0.1) is 5.06 Å². The number of hydroxylamine groups is 1. The zero-order valence-electron chi connectivity index (χ0n) is 10.7. The molecular formula is C13H18N2O3. The van der Waals surface area contributed by atoms with E-state index >= 15 is 0 Å². The number of hydrogen-bond acceptors (Lipinski definition) is 3. The third-order valence-corrected chi connectivity index (χ3v) is 2.46. The van der Waals surface area contributed by atoms with Gasteiger partial charge in [-0.25, -0.2) is 4.79 Å². The van der Waals surface area contributed by atoms with Crippen LogP contribution in [0.2, 0.25) is 0 Å². The SMILES string of the molecule is CCCC(=O)N(OC(N)=O)c1ccccc1CC. The van der Waals surface area contributed by atoms with Gasteiger partial charge in [0.2, 0.25) is 0 Å². The first-order chi connectivity index (χ1) is 8.60. The number of primary amides is 1. The Morgan fingerprint density at radius 2 is 1.94 bits per heavy atom. The second-order valence-corrected chi connectivity index (χ2v) is 3.83. The Hall–Kier alpha value is -2.04. The summed E-state index contributed by atoms with van der Waals surface area (Å²) < 4.78 is 0. The van der Waals surface area contributed by atoms with Crippen molar-refractivity contribution in [2.45, 2.75) is 33.1 Å². The minimum atomic E-state index is -0.995. The van der Waals surface area contributed by atoms with Gasteiger partial charge in [-0.3, -0.25) is 4.79 Å². The van der Waals surface area contributed by atoms with Gasteiger partial charge in [-0.1, -0.05) is 32.0 Å². The molecule has 0 heterocycles. The van der Waals surface area contributed by atoms with Gasteiger partial charge in [0.1, 0.15) is 0 Å². The lowest BCUT2D eigenvalue weighted by atomic mass is 10.1. The Kier molecular flexibility index (Phi) is 5.17. The van der Waals surface area contributed by atoms with Gasteiger partial charge < -0.3 is 10.6 Å². The van der Waals surface area contributed by atoms with E-state index in [9.17, 15) is 9.59 Å². The molecule has 18 heavy (non-hydrogen) atoms. The molecule has 1 aromatic carbocycles. The molecule has 5 heteroatoms. The highest BCUT2D eigenvalue weighted by Crippen LogP contribution is 2.22. The average Bonchev–Trinajstić information content (AvgIpc) is 2.36. The molecule has 0 aliphatic carbocycles. The molecule has 0 spiro atoms. The Bertz CT molecular complexity index is 432. The summed E-state index contributed by atoms with van der Waals surface area (Å²) in [7, 11) is 0. The van der Waals surface area contributed by atoms with Crippen molar-refractivity contribution >= 4 is 17.7 Å². The minimum absolute atomic E-state index is 0.280. The lowest BCUT2D eigenvalue weighted by Crippen LogP contribution is -2.36. The zero-order chi connectivity index (χ0) is 13.5. The fraction of sp³-hybridized carbons (Fsp3) is 0.385. The number of aryl methyl sites for hydroxylation is 1. The summed E-state index contributed by atoms with van der Waals surface area (Å²) in [4.78, 5) is 27.7. The highest BCUT2D eigenvalue weighted by molar-refractivity contribution is 5.93. The van der Waals surface area contributed by atoms with Gasteiger partial charge in [-0.05, 0) is 24.5 Å². The molecule has 1 rings (SSSR count). The molecule has 2 N–H and O–H groups in total. The molecule has 0 aromatic heterocycles. The molecule has 0 radical (unpaired) electrons. The standard InChI is InChI=1S/C13H18N2O3/c1-3-7-12(16)15(18-13(14)17)11-9-6-5-8-10(11)4-2/h5-6,8-9H,3-4,7H2,1-2H3,(H2,14,17). The summed E-state index contributed by atoms with van der Waals surface area (Å²) in [6.07, 6.45) is 0.705. The summed E-state index contributed by atoms with van der Waals surface area (Å²) in [5.41, 5.74) is 6.49. The van der Waals surface area contributed by atoms with Crippen LogP contribution >= 0.6 is 0 Å². The number of carbonyl (C=O) groups is 2. The van der Waals surface area contributed by atoms with E-state index in [4.69, 9.17) is 10.6 Å². The number of anilines is 1. The summed E-state index contributed by atoms with van der Waals surface area (Å²) in [6.45, 7) is 3.84. The maximum absolute atomic E-state index is 11.9. The monoisotopic (exact) mass is 250 g/mol. The number of rotatable bonds is 4. The first-order valence-corrected chi connectivity index (χ1v) is 5.98. The number of nitrogens with two attached hydrogens (primary N) is 1. The summed E-state index contributed by atoms with van der Waals surface area (Å²) in [5, 5.41) is 0.991. The number of hydrogen-bond donors (Lipinski definition) is 1. The Balaban J connectivity index is 3.08. The van der Waals surface area contributed by atoms with Crippen LogP contribution in [0.15, 0.2) is 24.3 Å². The topological polar surface area (TPSA) is 72.6 Å². The van der Waals surface area contributed by atoms with Gasteiger partial charge in [0.15, 0.2) is 0 Å². The quantitative estimate of drug-likeness (QED) is 0.834. The molecule has 0 fully saturated rings. The van der Waals surface area contributed by atoms with E-state index in [1.807, 2.05) is 26.0 Å². The molecule has 0 saturated carbocycles. The molecule has 5 nitrogen and oxygen atoms in total. The lowest BCUT2D eigenvalue weighted by Gasteiger charge is -2.22. The molecule has 0 bridgehead atoms. The zero-order valence-corrected chi connectivity index (χ0v) is 10.7. The molecule has 0 aliphatic heterocycles. The fourth-order valence-electron chi connectivity index (χ4n) is 1.65. The van der Waals surface area contributed by atoms with E-state index in [0.29, 0.717) is 18.5 Å². The predicted octanol–water partition coefficient (Wildman–Crippen LogP) is 2.39. The van der Waals surface area contributed by atoms with E-state index in [0.717, 1.165) is 17.0 Å². The van der Waals surface area contributed by atoms with Gasteiger partial charge in [0.25, 0.3) is 5.91 Å². The normalized spacial score (nSPS) is 9.89. The van der Waals surface area contributed by atoms with E-state index in [-0.39, 0.29) is 5.91 Å². The second kappa shape index (κ2) is 6.64. The lowest BCUT2D eigenvalue weighted by molar-refractivity contribution is -0.123. The smallest absolute Gasteiger partial charge is 0.333 e. The molecule has 0 aliphatic rings. The van der Waals surface area contributed by atoms with Crippen molar-refractivity contribution in [2.75, 3.05) is 5.06 Å². The van der Waals surface area contributed by atoms with Crippen LogP contribution in [0.4, 0.5) is 10.5 Å². The first kappa shape index (κ1) is 14.0. The third kappa shape index (κ3) is 3.48. The van der Waals surface area contributed by atoms with Crippen molar-refractivity contribution in [1.29, 1.82) is 0 Å². The minimum Gasteiger partial charge on any atom is -0.333 e. The number of nitrogens with zero attached hydrogens (tertiary/aromatic N) is 1. The second-order valence-electron chi connectivity index (χ2n) is 3.83. The highest BCUT2D eigenvalue weighted by atomic mass is 16.7. The largest absolute Gasteiger partial charge is 0.429 e. The van der Waals surface area contributed by atoms with Crippen molar-refractivity contribution < 1.29 is 14.4 Å². The Morgan fingerprint density at radius 1 is 1.28 bits per heavy atom. The Labute approximate surface area is 106 Å². The van der Waals surface area contributed by atoms with Gasteiger partial charge >= 0.3 is 6.09 Å². The van der Waals surface area contributed by atoms with Crippen LogP contribution in [0.5, 0.6) is 0 Å². The summed E-state index contributed by atoms with van der Waals surface area (Å²) >= 11 is 0. The third-order valence-electron chi connectivity index (χ3n) is 2.46. The van der Waals surface area contributed by atoms with Crippen LogP contribution in [-0.2, 0) is 16.1 Å². The fourth-order valence-corrected chi connectivity index (χ4v) is 1.65. The van der Waals surface area contributed by atoms with Crippen LogP contribution in [-0.4, -0.2) is 12.0 Å². The van der Waals surface area contributed by atoms with E-state index in [2.05, 4.69) is 0 Å². The number of para-hydroxylation sites is 1. The summed E-state index contributed by atoms with van der Waals surface area (Å²) in [5.74, 6) is -0.280. The van der Waals surface area contributed by atoms with Gasteiger partial charge in [0.05, 0.1) is 5.69 Å². The maximum atomic E-state index is 11.9. The van der Waals surface area contributed by atoms with Crippen molar-refractivity contribution in [2.24, 2.45) is 5.73 Å². The molecular weight excluding hydrogens is 232 g/mol. The van der Waals surface area contributed by atoms with E-state index in [1.165, 1.54) is 0 Å². The van der Waals surface area contributed by atoms with Crippen LogP contribution in [0, 0.1) is 0 Å². The van der Waals surface area contributed by atoms with E-state index in [1.54, 1.807) is 12.1 Å². The Morgan fingerprint density at radius 3 is 2.50 bits per heavy atom. The summed E-state index contributed by atoms with van der Waals surface area (Å²) in [6, 6.07) is 7.27. The maximum Gasteiger partial charge on any atom is 0.429 e. The van der Waals surface area contributed by atoms with Crippen LogP contribution in [0.1, 0.15) is 32.3 Å². The highest BCUT2D eigenvalue weighted by Gasteiger charge is 2.20. The van der Waals surface area contributed by atoms with Crippen LogP contribution in [0.3, 0.4) is 0 Å². The predicted molar refractivity (Wildman–Crippen MR) is 68.9 cm³/mol. The van der Waals surface area contributed by atoms with Crippen LogP contribution in [0.25, 0.3) is 0 Å². The number of carbonyl (C=O) groups excluding carboxylic acids is 2. The van der Waals surface area contributed by atoms with Crippen molar-refractivity contribution in [3.05, 3.63) is 29.8 Å². The molecule has 0 unspecified atom stereocenters. The molecule has 1 aromatic rings. The average molecular weight is 250 g/mol. The molecule has 98 valence electrons. The van der Waals surface area contributed by atoms with Crippen molar-refractivity contribution in [3.63, 3.8) is 0 Å². The van der Waals surface area contributed by atoms with Crippen molar-refractivity contribution in [1.82, 2.24) is 0 Å². The number of benzene rings is 1. The molecule has 0 atom stereocenters. The van der Waals surface area contributed by atoms with Gasteiger partial charge in [0, 0.05) is 6.42 Å². The molecule has 2 amide bonds. The molecule has 0 saturated heterocycles. The van der Waals surface area contributed by atoms with Crippen molar-refractivity contribution in [3.8, 4) is 0 Å². The first-order valence-electron chi connectivity index (χ1n) is 5.98. The number of amides is 2.